The maximum Gasteiger partial charge on any atom is 0.223 e. The third-order valence-electron chi connectivity index (χ3n) is 4.92. The van der Waals surface area contributed by atoms with Crippen molar-refractivity contribution in [2.75, 3.05) is 6.26 Å². The summed E-state index contributed by atoms with van der Waals surface area (Å²) in [6.07, 6.45) is 11.0. The van der Waals surface area contributed by atoms with Crippen molar-refractivity contribution in [1.82, 2.24) is 5.32 Å². The summed E-state index contributed by atoms with van der Waals surface area (Å²) in [5.74, 6) is 2.55. The molecule has 0 aromatic heterocycles. The Balaban J connectivity index is 1.47. The van der Waals surface area contributed by atoms with Crippen LogP contribution in [0.4, 0.5) is 0 Å². The zero-order valence-corrected chi connectivity index (χ0v) is 11.5. The minimum atomic E-state index is 0.355. The lowest BCUT2D eigenvalue weighted by atomic mass is 9.93. The molecule has 0 aliphatic heterocycles. The van der Waals surface area contributed by atoms with Crippen molar-refractivity contribution in [3.8, 4) is 0 Å². The first-order valence-corrected chi connectivity index (χ1v) is 8.38. The molecule has 1 N–H and O–H groups in total. The summed E-state index contributed by atoms with van der Waals surface area (Å²) in [5.41, 5.74) is 0. The molecule has 1 amide bonds. The van der Waals surface area contributed by atoms with E-state index >= 15 is 0 Å². The van der Waals surface area contributed by atoms with Crippen LogP contribution in [-0.4, -0.2) is 23.5 Å². The highest BCUT2D eigenvalue weighted by atomic mass is 32.2. The Hall–Kier alpha value is -0.180. The molecule has 3 aliphatic rings. The quantitative estimate of drug-likeness (QED) is 0.838. The van der Waals surface area contributed by atoms with E-state index in [4.69, 9.17) is 0 Å². The normalized spacial score (nSPS) is 44.2. The van der Waals surface area contributed by atoms with Crippen molar-refractivity contribution >= 4 is 17.7 Å². The number of hydrogen-bond acceptors (Lipinski definition) is 2. The van der Waals surface area contributed by atoms with E-state index in [2.05, 4.69) is 11.6 Å². The van der Waals surface area contributed by atoms with Crippen molar-refractivity contribution in [2.45, 2.75) is 56.2 Å². The Morgan fingerprint density at radius 3 is 2.59 bits per heavy atom. The van der Waals surface area contributed by atoms with Crippen LogP contribution >= 0.6 is 11.8 Å². The van der Waals surface area contributed by atoms with E-state index in [0.29, 0.717) is 17.9 Å². The van der Waals surface area contributed by atoms with Gasteiger partial charge < -0.3 is 5.32 Å². The molecule has 96 valence electrons. The summed E-state index contributed by atoms with van der Waals surface area (Å²) in [7, 11) is 0. The molecule has 0 aromatic carbocycles. The number of hydrogen-bond donors (Lipinski definition) is 1. The van der Waals surface area contributed by atoms with Crippen molar-refractivity contribution in [3.05, 3.63) is 0 Å². The fraction of sp³-hybridized carbons (Fsp3) is 0.929. The minimum absolute atomic E-state index is 0.355. The first kappa shape index (κ1) is 11.9. The zero-order valence-electron chi connectivity index (χ0n) is 10.7. The van der Waals surface area contributed by atoms with E-state index in [1.807, 2.05) is 11.8 Å². The van der Waals surface area contributed by atoms with E-state index in [1.54, 1.807) is 0 Å². The lowest BCUT2D eigenvalue weighted by Crippen LogP contribution is -2.41. The van der Waals surface area contributed by atoms with Gasteiger partial charge in [0.05, 0.1) is 0 Å². The minimum Gasteiger partial charge on any atom is -0.353 e. The summed E-state index contributed by atoms with van der Waals surface area (Å²) in [5, 5.41) is 4.08. The van der Waals surface area contributed by atoms with E-state index in [1.165, 1.54) is 44.9 Å². The van der Waals surface area contributed by atoms with Gasteiger partial charge in [0.15, 0.2) is 0 Å². The number of amides is 1. The van der Waals surface area contributed by atoms with Gasteiger partial charge in [0, 0.05) is 17.2 Å². The third kappa shape index (κ3) is 2.64. The topological polar surface area (TPSA) is 29.1 Å². The van der Waals surface area contributed by atoms with Crippen LogP contribution < -0.4 is 5.32 Å². The third-order valence-corrected chi connectivity index (χ3v) is 6.01. The van der Waals surface area contributed by atoms with Gasteiger partial charge in [0.2, 0.25) is 5.91 Å². The standard InChI is InChI=1S/C14H23NOS/c1-17-13-4-2-3-12(8-13)15-14(16)11-6-9-5-10(9)7-11/h9-13H,2-8H2,1H3,(H,15,16). The molecule has 17 heavy (non-hydrogen) atoms. The number of nitrogens with one attached hydrogen (secondary N) is 1. The molecule has 0 bridgehead atoms. The van der Waals surface area contributed by atoms with Gasteiger partial charge in [0.1, 0.15) is 0 Å². The Bertz CT molecular complexity index is 297. The largest absolute Gasteiger partial charge is 0.353 e. The van der Waals surface area contributed by atoms with Crippen LogP contribution in [0, 0.1) is 17.8 Å². The van der Waals surface area contributed by atoms with E-state index in [-0.39, 0.29) is 0 Å². The van der Waals surface area contributed by atoms with E-state index < -0.39 is 0 Å². The van der Waals surface area contributed by atoms with Crippen LogP contribution in [0.3, 0.4) is 0 Å². The number of thioether (sulfide) groups is 1. The Morgan fingerprint density at radius 1 is 1.12 bits per heavy atom. The molecule has 2 nitrogen and oxygen atoms in total. The second kappa shape index (κ2) is 4.83. The summed E-state index contributed by atoms with van der Waals surface area (Å²) >= 11 is 1.96. The molecule has 3 saturated carbocycles. The van der Waals surface area contributed by atoms with E-state index in [9.17, 15) is 4.79 Å². The monoisotopic (exact) mass is 253 g/mol. The molecule has 3 rings (SSSR count). The fourth-order valence-corrected chi connectivity index (χ4v) is 4.57. The summed E-state index contributed by atoms with van der Waals surface area (Å²) in [4.78, 5) is 12.2. The van der Waals surface area contributed by atoms with Crippen LogP contribution in [0.2, 0.25) is 0 Å². The molecule has 3 aliphatic carbocycles. The van der Waals surface area contributed by atoms with Crippen molar-refractivity contribution in [3.63, 3.8) is 0 Å². The maximum absolute atomic E-state index is 12.2. The van der Waals surface area contributed by atoms with Crippen LogP contribution in [-0.2, 0) is 4.79 Å². The molecule has 4 atom stereocenters. The van der Waals surface area contributed by atoms with Gasteiger partial charge >= 0.3 is 0 Å². The van der Waals surface area contributed by atoms with Gasteiger partial charge in [0.25, 0.3) is 0 Å². The average Bonchev–Trinajstić information content (AvgIpc) is 2.96. The highest BCUT2D eigenvalue weighted by Crippen LogP contribution is 2.54. The van der Waals surface area contributed by atoms with Crippen molar-refractivity contribution < 1.29 is 4.79 Å². The fourth-order valence-electron chi connectivity index (χ4n) is 3.74. The van der Waals surface area contributed by atoms with Gasteiger partial charge in [-0.2, -0.15) is 11.8 Å². The average molecular weight is 253 g/mol. The van der Waals surface area contributed by atoms with E-state index in [0.717, 1.165) is 17.1 Å². The predicted molar refractivity (Wildman–Crippen MR) is 72.0 cm³/mol. The number of fused-ring (bicyclic) bond motifs is 1. The maximum atomic E-state index is 12.2. The van der Waals surface area contributed by atoms with Crippen molar-refractivity contribution in [1.29, 1.82) is 0 Å². The number of carbonyl (C=O) groups is 1. The Morgan fingerprint density at radius 2 is 1.88 bits per heavy atom. The summed E-state index contributed by atoms with van der Waals surface area (Å²) in [6.45, 7) is 0. The predicted octanol–water partition coefficient (Wildman–Crippen LogP) is 2.82. The van der Waals surface area contributed by atoms with Crippen LogP contribution in [0.25, 0.3) is 0 Å². The molecule has 0 heterocycles. The van der Waals surface area contributed by atoms with Crippen LogP contribution in [0.15, 0.2) is 0 Å². The van der Waals surface area contributed by atoms with Gasteiger partial charge in [-0.25, -0.2) is 0 Å². The van der Waals surface area contributed by atoms with Gasteiger partial charge in [-0.05, 0) is 56.6 Å². The molecule has 3 heteroatoms. The Labute approximate surface area is 108 Å². The SMILES string of the molecule is CSC1CCCC(NC(=O)C2CC3CC3C2)C1. The molecular weight excluding hydrogens is 230 g/mol. The van der Waals surface area contributed by atoms with Gasteiger partial charge in [-0.1, -0.05) is 6.42 Å². The molecule has 3 fully saturated rings. The zero-order chi connectivity index (χ0) is 11.8. The second-order valence-corrected chi connectivity index (χ2v) is 7.29. The smallest absolute Gasteiger partial charge is 0.223 e. The first-order valence-electron chi connectivity index (χ1n) is 7.09. The molecule has 4 unspecified atom stereocenters. The number of rotatable bonds is 3. The van der Waals surface area contributed by atoms with Crippen LogP contribution in [0.5, 0.6) is 0 Å². The second-order valence-electron chi connectivity index (χ2n) is 6.15. The molecule has 0 aromatic rings. The summed E-state index contributed by atoms with van der Waals surface area (Å²) < 4.78 is 0. The lowest BCUT2D eigenvalue weighted by molar-refractivity contribution is -0.126. The van der Waals surface area contributed by atoms with Crippen molar-refractivity contribution in [2.24, 2.45) is 17.8 Å². The highest BCUT2D eigenvalue weighted by molar-refractivity contribution is 7.99. The highest BCUT2D eigenvalue weighted by Gasteiger charge is 2.48. The summed E-state index contributed by atoms with van der Waals surface area (Å²) in [6, 6.07) is 0.464. The number of carbonyl (C=O) groups excluding carboxylic acids is 1. The van der Waals surface area contributed by atoms with Gasteiger partial charge in [-0.15, -0.1) is 0 Å². The van der Waals surface area contributed by atoms with Gasteiger partial charge in [-0.3, -0.25) is 4.79 Å². The lowest BCUT2D eigenvalue weighted by Gasteiger charge is -2.29. The Kier molecular flexibility index (Phi) is 3.38. The molecule has 0 radical (unpaired) electrons. The molecular formula is C14H23NOS. The molecule has 0 saturated heterocycles. The first-order chi connectivity index (χ1) is 8.26. The molecule has 0 spiro atoms. The van der Waals surface area contributed by atoms with Crippen LogP contribution in [0.1, 0.15) is 44.9 Å².